The summed E-state index contributed by atoms with van der Waals surface area (Å²) in [5.74, 6) is 0.0539. The van der Waals surface area contributed by atoms with E-state index in [1.807, 2.05) is 12.1 Å². The molecule has 162 valence electrons. The van der Waals surface area contributed by atoms with Gasteiger partial charge in [0.15, 0.2) is 6.61 Å². The molecule has 1 aliphatic rings. The van der Waals surface area contributed by atoms with Crippen LogP contribution in [0.1, 0.15) is 21.5 Å². The zero-order valence-corrected chi connectivity index (χ0v) is 17.2. The fourth-order valence-electron chi connectivity index (χ4n) is 2.99. The number of amides is 2. The third kappa shape index (κ3) is 6.17. The number of carbonyl (C=O) groups is 2. The average molecular weight is 436 g/mol. The van der Waals surface area contributed by atoms with Crippen molar-refractivity contribution in [3.8, 4) is 5.75 Å². The first kappa shape index (κ1) is 23.6. The molecule has 0 saturated carbocycles. The van der Waals surface area contributed by atoms with Gasteiger partial charge < -0.3 is 30.9 Å². The monoisotopic (exact) mass is 435 g/mol. The summed E-state index contributed by atoms with van der Waals surface area (Å²) in [5, 5.41) is 21.8. The molecule has 0 radical (unpaired) electrons. The molecule has 9 heteroatoms. The van der Waals surface area contributed by atoms with E-state index in [1.165, 1.54) is 4.90 Å². The Morgan fingerprint density at radius 1 is 1.00 bits per heavy atom. The van der Waals surface area contributed by atoms with Crippen LogP contribution >= 0.6 is 12.4 Å². The number of hydrogen-bond acceptors (Lipinski definition) is 6. The van der Waals surface area contributed by atoms with Crippen molar-refractivity contribution in [1.29, 1.82) is 0 Å². The molecule has 0 aromatic heterocycles. The molecule has 2 amide bonds. The van der Waals surface area contributed by atoms with Gasteiger partial charge in [-0.3, -0.25) is 9.59 Å². The van der Waals surface area contributed by atoms with Gasteiger partial charge in [0, 0.05) is 31.7 Å². The molecule has 0 unspecified atom stereocenters. The Balaban J connectivity index is 0.00000320. The second kappa shape index (κ2) is 10.9. The van der Waals surface area contributed by atoms with Crippen LogP contribution in [-0.4, -0.2) is 58.8 Å². The lowest BCUT2D eigenvalue weighted by molar-refractivity contribution is -0.132. The van der Waals surface area contributed by atoms with Crippen molar-refractivity contribution >= 4 is 24.2 Å². The Bertz CT molecular complexity index is 835. The average Bonchev–Trinajstić information content (AvgIpc) is 3.09. The quantitative estimate of drug-likeness (QED) is 0.500. The fraction of sp³-hybridized carbons (Fsp3) is 0.333. The standard InChI is InChI=1S/C21H25N3O5.ClH/c22-9-14-1-5-16(6-2-14)21(28)23-10-15-3-7-17(8-4-15)29-13-20(27)24-11-18(25)19(26)12-24;/h1-8,18-19,25-26H,9-13,22H2,(H,23,28);1H/t18-,19-;/m0./s1. The first-order chi connectivity index (χ1) is 14.0. The van der Waals surface area contributed by atoms with E-state index >= 15 is 0 Å². The Labute approximate surface area is 181 Å². The molecule has 0 spiro atoms. The number of nitrogens with zero attached hydrogens (tertiary/aromatic N) is 1. The molecule has 30 heavy (non-hydrogen) atoms. The van der Waals surface area contributed by atoms with E-state index in [0.29, 0.717) is 24.4 Å². The maximum Gasteiger partial charge on any atom is 0.260 e. The highest BCUT2D eigenvalue weighted by Gasteiger charge is 2.32. The van der Waals surface area contributed by atoms with Crippen LogP contribution in [0, 0.1) is 0 Å². The van der Waals surface area contributed by atoms with Gasteiger partial charge in [-0.2, -0.15) is 0 Å². The van der Waals surface area contributed by atoms with Gasteiger partial charge in [0.1, 0.15) is 5.75 Å². The van der Waals surface area contributed by atoms with Crippen LogP contribution in [0.4, 0.5) is 0 Å². The second-order valence-corrected chi connectivity index (χ2v) is 6.95. The maximum absolute atomic E-state index is 12.2. The van der Waals surface area contributed by atoms with Crippen molar-refractivity contribution < 1.29 is 24.5 Å². The topological polar surface area (TPSA) is 125 Å². The number of nitrogens with one attached hydrogen (secondary N) is 1. The van der Waals surface area contributed by atoms with Gasteiger partial charge in [-0.25, -0.2) is 0 Å². The number of aliphatic hydroxyl groups excluding tert-OH is 2. The Morgan fingerprint density at radius 3 is 2.13 bits per heavy atom. The van der Waals surface area contributed by atoms with Crippen LogP contribution in [0.2, 0.25) is 0 Å². The van der Waals surface area contributed by atoms with E-state index in [4.69, 9.17) is 10.5 Å². The minimum Gasteiger partial charge on any atom is -0.484 e. The second-order valence-electron chi connectivity index (χ2n) is 6.95. The number of ether oxygens (including phenoxy) is 1. The number of aliphatic hydroxyl groups is 2. The SMILES string of the molecule is Cl.NCc1ccc(C(=O)NCc2ccc(OCC(=O)N3C[C@H](O)[C@@H](O)C3)cc2)cc1. The molecule has 0 aliphatic carbocycles. The summed E-state index contributed by atoms with van der Waals surface area (Å²) in [5.41, 5.74) is 7.97. The van der Waals surface area contributed by atoms with Gasteiger partial charge in [0.2, 0.25) is 0 Å². The van der Waals surface area contributed by atoms with Crippen LogP contribution in [-0.2, 0) is 17.9 Å². The highest BCUT2D eigenvalue weighted by atomic mass is 35.5. The highest BCUT2D eigenvalue weighted by molar-refractivity contribution is 5.94. The normalized spacial score (nSPS) is 17.9. The molecular weight excluding hydrogens is 410 g/mol. The molecule has 2 aromatic carbocycles. The summed E-state index contributed by atoms with van der Waals surface area (Å²) in [6.45, 7) is 0.840. The van der Waals surface area contributed by atoms with Gasteiger partial charge in [-0.15, -0.1) is 12.4 Å². The predicted octanol–water partition coefficient (Wildman–Crippen LogP) is 0.440. The number of benzene rings is 2. The molecule has 2 aromatic rings. The van der Waals surface area contributed by atoms with Crippen molar-refractivity contribution in [2.24, 2.45) is 5.73 Å². The van der Waals surface area contributed by atoms with Crippen molar-refractivity contribution in [1.82, 2.24) is 10.2 Å². The number of halogens is 1. The van der Waals surface area contributed by atoms with E-state index in [-0.39, 0.29) is 43.9 Å². The molecular formula is C21H26ClN3O5. The van der Waals surface area contributed by atoms with Crippen molar-refractivity contribution in [2.45, 2.75) is 25.3 Å². The smallest absolute Gasteiger partial charge is 0.260 e. The van der Waals surface area contributed by atoms with Crippen LogP contribution < -0.4 is 15.8 Å². The molecule has 0 bridgehead atoms. The van der Waals surface area contributed by atoms with Gasteiger partial charge in [0.05, 0.1) is 12.2 Å². The first-order valence-corrected chi connectivity index (χ1v) is 9.39. The van der Waals surface area contributed by atoms with Gasteiger partial charge >= 0.3 is 0 Å². The fourth-order valence-corrected chi connectivity index (χ4v) is 2.99. The van der Waals surface area contributed by atoms with Gasteiger partial charge in [0.25, 0.3) is 11.8 Å². The van der Waals surface area contributed by atoms with Crippen LogP contribution in [0.5, 0.6) is 5.75 Å². The highest BCUT2D eigenvalue weighted by Crippen LogP contribution is 2.14. The predicted molar refractivity (Wildman–Crippen MR) is 113 cm³/mol. The zero-order valence-electron chi connectivity index (χ0n) is 16.4. The molecule has 1 fully saturated rings. The number of rotatable bonds is 7. The Morgan fingerprint density at radius 2 is 1.57 bits per heavy atom. The number of nitrogens with two attached hydrogens (primary N) is 1. The van der Waals surface area contributed by atoms with E-state index in [0.717, 1.165) is 11.1 Å². The van der Waals surface area contributed by atoms with Crippen LogP contribution in [0.25, 0.3) is 0 Å². The lowest BCUT2D eigenvalue weighted by Gasteiger charge is -2.15. The van der Waals surface area contributed by atoms with Crippen LogP contribution in [0.15, 0.2) is 48.5 Å². The van der Waals surface area contributed by atoms with E-state index < -0.39 is 12.2 Å². The Hall–Kier alpha value is -2.65. The number of hydrogen-bond donors (Lipinski definition) is 4. The molecule has 1 heterocycles. The van der Waals surface area contributed by atoms with Crippen molar-refractivity contribution in [3.63, 3.8) is 0 Å². The number of carbonyl (C=O) groups excluding carboxylic acids is 2. The van der Waals surface area contributed by atoms with Gasteiger partial charge in [-0.05, 0) is 35.4 Å². The zero-order chi connectivity index (χ0) is 20.8. The third-order valence-corrected chi connectivity index (χ3v) is 4.80. The van der Waals surface area contributed by atoms with Crippen LogP contribution in [0.3, 0.4) is 0 Å². The van der Waals surface area contributed by atoms with Crippen molar-refractivity contribution in [2.75, 3.05) is 19.7 Å². The summed E-state index contributed by atoms with van der Waals surface area (Å²) >= 11 is 0. The minimum absolute atomic E-state index is 0. The number of likely N-dealkylation sites (tertiary alicyclic amines) is 1. The number of β-amino-alcohol motifs (C(OH)–C–C–N with tert-alkyl or cyclic N) is 2. The summed E-state index contributed by atoms with van der Waals surface area (Å²) in [6, 6.07) is 14.2. The van der Waals surface area contributed by atoms with Crippen molar-refractivity contribution in [3.05, 3.63) is 65.2 Å². The van der Waals surface area contributed by atoms with E-state index in [2.05, 4.69) is 5.32 Å². The summed E-state index contributed by atoms with van der Waals surface area (Å²) in [4.78, 5) is 25.6. The molecule has 1 saturated heterocycles. The maximum atomic E-state index is 12.2. The lowest BCUT2D eigenvalue weighted by atomic mass is 10.1. The Kier molecular flexibility index (Phi) is 8.61. The largest absolute Gasteiger partial charge is 0.484 e. The summed E-state index contributed by atoms with van der Waals surface area (Å²) < 4.78 is 5.47. The summed E-state index contributed by atoms with van der Waals surface area (Å²) in [6.07, 6.45) is -1.82. The third-order valence-electron chi connectivity index (χ3n) is 4.80. The molecule has 3 rings (SSSR count). The molecule has 5 N–H and O–H groups in total. The minimum atomic E-state index is -0.910. The summed E-state index contributed by atoms with van der Waals surface area (Å²) in [7, 11) is 0. The van der Waals surface area contributed by atoms with E-state index in [9.17, 15) is 19.8 Å². The molecule has 8 nitrogen and oxygen atoms in total. The molecule has 2 atom stereocenters. The first-order valence-electron chi connectivity index (χ1n) is 9.39. The molecule has 1 aliphatic heterocycles. The van der Waals surface area contributed by atoms with Gasteiger partial charge in [-0.1, -0.05) is 24.3 Å². The lowest BCUT2D eigenvalue weighted by Crippen LogP contribution is -2.33. The van der Waals surface area contributed by atoms with E-state index in [1.54, 1.807) is 36.4 Å².